The van der Waals surface area contributed by atoms with Gasteiger partial charge in [-0.2, -0.15) is 0 Å². The predicted molar refractivity (Wildman–Crippen MR) is 90.0 cm³/mol. The topological polar surface area (TPSA) is 77.9 Å². The molecule has 0 aromatic heterocycles. The number of carboxylic acid groups (broad SMARTS) is 1. The first kappa shape index (κ1) is 18.0. The van der Waals surface area contributed by atoms with E-state index in [2.05, 4.69) is 0 Å². The molecule has 0 saturated carbocycles. The maximum Gasteiger partial charge on any atom is 0.311 e. The van der Waals surface area contributed by atoms with E-state index in [1.165, 1.54) is 0 Å². The first-order valence-electron chi connectivity index (χ1n) is 8.16. The number of piperidine rings is 1. The summed E-state index contributed by atoms with van der Waals surface area (Å²) in [5.41, 5.74) is -0.0350. The number of amides is 2. The quantitative estimate of drug-likeness (QED) is 0.916. The van der Waals surface area contributed by atoms with Crippen LogP contribution >= 0.6 is 0 Å². The summed E-state index contributed by atoms with van der Waals surface area (Å²) in [5.74, 6) is -1.24. The molecule has 1 aliphatic heterocycles. The smallest absolute Gasteiger partial charge is 0.311 e. The second-order valence-electron chi connectivity index (χ2n) is 6.60. The third-order valence-corrected chi connectivity index (χ3v) is 4.68. The number of aliphatic carboxylic acids is 1. The molecule has 1 aliphatic rings. The zero-order valence-electron chi connectivity index (χ0n) is 14.4. The van der Waals surface area contributed by atoms with Crippen molar-refractivity contribution in [3.63, 3.8) is 0 Å². The summed E-state index contributed by atoms with van der Waals surface area (Å²) in [6, 6.07) is 6.62. The highest BCUT2D eigenvalue weighted by atomic mass is 16.4. The molecule has 6 heteroatoms. The maximum atomic E-state index is 12.7. The van der Waals surface area contributed by atoms with Gasteiger partial charge in [0.1, 0.15) is 0 Å². The van der Waals surface area contributed by atoms with Gasteiger partial charge < -0.3 is 14.9 Å². The van der Waals surface area contributed by atoms with Crippen molar-refractivity contribution in [2.24, 2.45) is 5.41 Å². The highest BCUT2D eigenvalue weighted by Gasteiger charge is 2.39. The first-order chi connectivity index (χ1) is 11.3. The molecule has 0 aliphatic carbocycles. The molecule has 1 N–H and O–H groups in total. The van der Waals surface area contributed by atoms with E-state index in [4.69, 9.17) is 0 Å². The molecular formula is C18H24N2O4. The molecule has 24 heavy (non-hydrogen) atoms. The summed E-state index contributed by atoms with van der Waals surface area (Å²) in [5, 5.41) is 9.38. The first-order valence-corrected chi connectivity index (χ1v) is 8.16. The number of hydrogen-bond donors (Lipinski definition) is 1. The van der Waals surface area contributed by atoms with Gasteiger partial charge in [0.15, 0.2) is 0 Å². The average Bonchev–Trinajstić information content (AvgIpc) is 2.59. The van der Waals surface area contributed by atoms with Gasteiger partial charge in [0, 0.05) is 37.8 Å². The molecule has 1 aromatic rings. The van der Waals surface area contributed by atoms with Crippen LogP contribution in [-0.2, 0) is 4.79 Å². The molecule has 130 valence electrons. The van der Waals surface area contributed by atoms with Crippen molar-refractivity contribution in [1.29, 1.82) is 0 Å². The van der Waals surface area contributed by atoms with Crippen LogP contribution in [0.15, 0.2) is 24.3 Å². The van der Waals surface area contributed by atoms with Crippen molar-refractivity contribution >= 4 is 17.8 Å². The number of carbonyl (C=O) groups is 3. The molecule has 6 nitrogen and oxygen atoms in total. The fourth-order valence-electron chi connectivity index (χ4n) is 2.92. The molecule has 1 heterocycles. The van der Waals surface area contributed by atoms with Gasteiger partial charge in [0.25, 0.3) is 11.8 Å². The lowest BCUT2D eigenvalue weighted by atomic mass is 9.82. The predicted octanol–water partition coefficient (Wildman–Crippen LogP) is 2.11. The van der Waals surface area contributed by atoms with Crippen LogP contribution in [0.5, 0.6) is 0 Å². The normalized spacial score (nSPS) is 20.5. The third-order valence-electron chi connectivity index (χ3n) is 4.68. The third kappa shape index (κ3) is 3.58. The number of benzene rings is 1. The number of carboxylic acids is 1. The standard InChI is InChI=1S/C18H24N2O4/c1-4-19(3)15(21)13-7-5-8-14(11-13)16(22)20-10-6-9-18(2,12-20)17(23)24/h5,7-8,11H,4,6,9-10,12H2,1-3H3,(H,23,24). The van der Waals surface area contributed by atoms with Gasteiger partial charge in [-0.15, -0.1) is 0 Å². The summed E-state index contributed by atoms with van der Waals surface area (Å²) in [6.45, 7) is 4.86. The van der Waals surface area contributed by atoms with E-state index in [9.17, 15) is 19.5 Å². The van der Waals surface area contributed by atoms with Gasteiger partial charge in [0.05, 0.1) is 5.41 Å². The van der Waals surface area contributed by atoms with E-state index >= 15 is 0 Å². The lowest BCUT2D eigenvalue weighted by molar-refractivity contribution is -0.150. The van der Waals surface area contributed by atoms with E-state index in [1.54, 1.807) is 48.0 Å². The summed E-state index contributed by atoms with van der Waals surface area (Å²) in [7, 11) is 1.71. The van der Waals surface area contributed by atoms with Crippen molar-refractivity contribution in [1.82, 2.24) is 9.80 Å². The van der Waals surface area contributed by atoms with Crippen molar-refractivity contribution in [3.05, 3.63) is 35.4 Å². The molecule has 0 radical (unpaired) electrons. The van der Waals surface area contributed by atoms with Crippen molar-refractivity contribution < 1.29 is 19.5 Å². The minimum absolute atomic E-state index is 0.138. The lowest BCUT2D eigenvalue weighted by Crippen LogP contribution is -2.48. The van der Waals surface area contributed by atoms with Crippen molar-refractivity contribution in [2.45, 2.75) is 26.7 Å². The monoisotopic (exact) mass is 332 g/mol. The summed E-state index contributed by atoms with van der Waals surface area (Å²) in [4.78, 5) is 39.6. The Morgan fingerprint density at radius 2 is 1.96 bits per heavy atom. The summed E-state index contributed by atoms with van der Waals surface area (Å²) in [6.07, 6.45) is 1.22. The zero-order chi connectivity index (χ0) is 17.9. The second kappa shape index (κ2) is 7.03. The molecule has 0 spiro atoms. The molecule has 2 amide bonds. The molecule has 1 saturated heterocycles. The Hall–Kier alpha value is -2.37. The largest absolute Gasteiger partial charge is 0.481 e. The number of hydrogen-bond acceptors (Lipinski definition) is 3. The van der Waals surface area contributed by atoms with Crippen LogP contribution in [0.2, 0.25) is 0 Å². The molecule has 0 bridgehead atoms. The summed E-state index contributed by atoms with van der Waals surface area (Å²) >= 11 is 0. The molecule has 1 unspecified atom stereocenters. The Bertz CT molecular complexity index is 658. The Morgan fingerprint density at radius 1 is 1.29 bits per heavy atom. The number of rotatable bonds is 4. The second-order valence-corrected chi connectivity index (χ2v) is 6.60. The zero-order valence-corrected chi connectivity index (χ0v) is 14.4. The van der Waals surface area contributed by atoms with Crippen LogP contribution in [-0.4, -0.2) is 59.4 Å². The average molecular weight is 332 g/mol. The number of carbonyl (C=O) groups excluding carboxylic acids is 2. The highest BCUT2D eigenvalue weighted by molar-refractivity contribution is 5.99. The van der Waals surface area contributed by atoms with E-state index in [1.807, 2.05) is 6.92 Å². The Morgan fingerprint density at radius 3 is 2.58 bits per heavy atom. The lowest BCUT2D eigenvalue weighted by Gasteiger charge is -2.37. The molecule has 1 aromatic carbocycles. The van der Waals surface area contributed by atoms with E-state index in [-0.39, 0.29) is 18.4 Å². The Balaban J connectivity index is 2.21. The van der Waals surface area contributed by atoms with Crippen LogP contribution < -0.4 is 0 Å². The van der Waals surface area contributed by atoms with Crippen LogP contribution in [0.4, 0.5) is 0 Å². The SMILES string of the molecule is CCN(C)C(=O)c1cccc(C(=O)N2CCCC(C)(C(=O)O)C2)c1. The molecule has 1 fully saturated rings. The Labute approximate surface area is 142 Å². The van der Waals surface area contributed by atoms with Crippen LogP contribution in [0.25, 0.3) is 0 Å². The molecule has 2 rings (SSSR count). The van der Waals surface area contributed by atoms with Crippen molar-refractivity contribution in [2.75, 3.05) is 26.7 Å². The van der Waals surface area contributed by atoms with E-state index < -0.39 is 11.4 Å². The van der Waals surface area contributed by atoms with E-state index in [0.717, 1.165) is 0 Å². The van der Waals surface area contributed by atoms with Gasteiger partial charge in [-0.25, -0.2) is 0 Å². The van der Waals surface area contributed by atoms with Gasteiger partial charge in [-0.1, -0.05) is 6.07 Å². The fraction of sp³-hybridized carbons (Fsp3) is 0.500. The molecule has 1 atom stereocenters. The minimum Gasteiger partial charge on any atom is -0.481 e. The minimum atomic E-state index is -0.913. The van der Waals surface area contributed by atoms with Crippen LogP contribution in [0.3, 0.4) is 0 Å². The molecular weight excluding hydrogens is 308 g/mol. The van der Waals surface area contributed by atoms with Crippen LogP contribution in [0, 0.1) is 5.41 Å². The van der Waals surface area contributed by atoms with Crippen LogP contribution in [0.1, 0.15) is 47.4 Å². The fourth-order valence-corrected chi connectivity index (χ4v) is 2.92. The van der Waals surface area contributed by atoms with Gasteiger partial charge in [-0.05, 0) is 44.9 Å². The number of nitrogens with zero attached hydrogens (tertiary/aromatic N) is 2. The highest BCUT2D eigenvalue weighted by Crippen LogP contribution is 2.30. The van der Waals surface area contributed by atoms with Gasteiger partial charge in [0.2, 0.25) is 0 Å². The van der Waals surface area contributed by atoms with Gasteiger partial charge >= 0.3 is 5.97 Å². The number of likely N-dealkylation sites (tertiary alicyclic amines) is 1. The van der Waals surface area contributed by atoms with E-state index in [0.29, 0.717) is 37.1 Å². The Kier molecular flexibility index (Phi) is 5.26. The van der Waals surface area contributed by atoms with Gasteiger partial charge in [-0.3, -0.25) is 14.4 Å². The van der Waals surface area contributed by atoms with Crippen molar-refractivity contribution in [3.8, 4) is 0 Å². The maximum absolute atomic E-state index is 12.7. The summed E-state index contributed by atoms with van der Waals surface area (Å²) < 4.78 is 0.